The molecule has 19 heteroatoms. The summed E-state index contributed by atoms with van der Waals surface area (Å²) in [5.41, 5.74) is 8.82. The Hall–Kier alpha value is -4.88. The number of likely N-dealkylation sites (tertiary alicyclic amines) is 2. The SMILES string of the molecule is Cc1ncsc1-c1ccc(CNC(=O)[C@@H]2CCCN2C(=O)[C@@H](NC(=O)C2(F)CC2)C(C)(C)C)c(OCCCCCCN2CCC(CCCC(=O)Nc3cccc(Sc4cnc(N5CCC(C)(CN)CC5)cn4)c3Cl)CC2)c1. The van der Waals surface area contributed by atoms with Crippen molar-refractivity contribution < 1.29 is 28.3 Å². The van der Waals surface area contributed by atoms with Crippen molar-refractivity contribution in [2.75, 3.05) is 62.6 Å². The lowest BCUT2D eigenvalue weighted by Gasteiger charge is -2.39. The van der Waals surface area contributed by atoms with Crippen LogP contribution in [-0.4, -0.2) is 119 Å². The molecule has 1 saturated carbocycles. The van der Waals surface area contributed by atoms with Gasteiger partial charge in [-0.2, -0.15) is 0 Å². The number of thiazole rings is 1. The van der Waals surface area contributed by atoms with E-state index in [9.17, 15) is 23.6 Å². The van der Waals surface area contributed by atoms with Gasteiger partial charge in [0.1, 0.15) is 28.7 Å². The predicted octanol–water partition coefficient (Wildman–Crippen LogP) is 10.4. The lowest BCUT2D eigenvalue weighted by Crippen LogP contribution is -2.58. The number of benzene rings is 2. The average Bonchev–Trinajstić information content (AvgIpc) is 3.74. The van der Waals surface area contributed by atoms with Gasteiger partial charge < -0.3 is 41.1 Å². The number of alkyl halides is 1. The van der Waals surface area contributed by atoms with Crippen LogP contribution in [0.3, 0.4) is 0 Å². The molecular weight excluding hydrogens is 1040 g/mol. The van der Waals surface area contributed by atoms with Crippen molar-refractivity contribution in [2.24, 2.45) is 22.5 Å². The molecule has 15 nitrogen and oxygen atoms in total. The average molecular weight is 1120 g/mol. The van der Waals surface area contributed by atoms with E-state index in [-0.39, 0.29) is 42.5 Å². The number of ether oxygens (including phenoxy) is 1. The Labute approximate surface area is 468 Å². The van der Waals surface area contributed by atoms with Gasteiger partial charge in [0, 0.05) is 43.1 Å². The number of nitrogens with zero attached hydrogens (tertiary/aromatic N) is 6. The second kappa shape index (κ2) is 26.4. The van der Waals surface area contributed by atoms with Crippen molar-refractivity contribution >= 4 is 69.8 Å². The van der Waals surface area contributed by atoms with E-state index in [1.54, 1.807) is 22.4 Å². The smallest absolute Gasteiger partial charge is 0.258 e. The zero-order valence-electron chi connectivity index (χ0n) is 45.8. The molecule has 4 aliphatic rings. The fourth-order valence-corrected chi connectivity index (χ4v) is 12.5. The first-order valence-electron chi connectivity index (χ1n) is 27.9. The first-order chi connectivity index (χ1) is 36.9. The molecular formula is C58H80ClFN10O5S2. The zero-order valence-corrected chi connectivity index (χ0v) is 48.2. The lowest BCUT2D eigenvalue weighted by atomic mass is 9.80. The summed E-state index contributed by atoms with van der Waals surface area (Å²) in [6, 6.07) is 10.1. The van der Waals surface area contributed by atoms with E-state index in [4.69, 9.17) is 27.1 Å². The van der Waals surface area contributed by atoms with Crippen LogP contribution < -0.4 is 31.3 Å². The number of amides is 4. The summed E-state index contributed by atoms with van der Waals surface area (Å²) in [5.74, 6) is 0.788. The van der Waals surface area contributed by atoms with E-state index in [1.807, 2.05) is 75.8 Å². The van der Waals surface area contributed by atoms with E-state index in [2.05, 4.69) is 42.6 Å². The Morgan fingerprint density at radius 2 is 1.71 bits per heavy atom. The van der Waals surface area contributed by atoms with Crippen molar-refractivity contribution in [1.29, 1.82) is 0 Å². The monoisotopic (exact) mass is 1110 g/mol. The molecule has 77 heavy (non-hydrogen) atoms. The van der Waals surface area contributed by atoms with Gasteiger partial charge >= 0.3 is 0 Å². The van der Waals surface area contributed by atoms with Crippen LogP contribution in [0.1, 0.15) is 135 Å². The second-order valence-electron chi connectivity index (χ2n) is 23.2. The molecule has 0 radical (unpaired) electrons. The Balaban J connectivity index is 0.718. The molecule has 1 aliphatic carbocycles. The minimum Gasteiger partial charge on any atom is -0.493 e. The molecule has 0 unspecified atom stereocenters. The second-order valence-corrected chi connectivity index (χ2v) is 25.5. The van der Waals surface area contributed by atoms with E-state index >= 15 is 0 Å². The lowest BCUT2D eigenvalue weighted by molar-refractivity contribution is -0.144. The van der Waals surface area contributed by atoms with E-state index in [0.717, 1.165) is 134 Å². The number of hydrogen-bond donors (Lipinski definition) is 4. The van der Waals surface area contributed by atoms with Gasteiger partial charge in [-0.3, -0.25) is 19.2 Å². The molecule has 4 fully saturated rings. The number of unbranched alkanes of at least 4 members (excludes halogenated alkanes) is 3. The van der Waals surface area contributed by atoms with Crippen LogP contribution in [0.5, 0.6) is 5.75 Å². The number of hydrogen-bond acceptors (Lipinski definition) is 13. The van der Waals surface area contributed by atoms with Crippen molar-refractivity contribution in [2.45, 2.75) is 165 Å². The van der Waals surface area contributed by atoms with Crippen LogP contribution in [0.25, 0.3) is 10.4 Å². The summed E-state index contributed by atoms with van der Waals surface area (Å²) in [7, 11) is 0. The maximum atomic E-state index is 14.7. The maximum absolute atomic E-state index is 14.7. The molecule has 2 atom stereocenters. The van der Waals surface area contributed by atoms with Crippen molar-refractivity contribution in [3.8, 4) is 16.2 Å². The van der Waals surface area contributed by atoms with Crippen LogP contribution in [0.2, 0.25) is 5.02 Å². The Morgan fingerprint density at radius 1 is 0.948 bits per heavy atom. The Morgan fingerprint density at radius 3 is 2.40 bits per heavy atom. The van der Waals surface area contributed by atoms with Gasteiger partial charge in [0.15, 0.2) is 5.67 Å². The number of anilines is 2. The number of aryl methyl sites for hydroxylation is 1. The van der Waals surface area contributed by atoms with Crippen molar-refractivity contribution in [3.05, 3.63) is 70.6 Å². The van der Waals surface area contributed by atoms with Gasteiger partial charge in [0.05, 0.1) is 45.8 Å². The zero-order chi connectivity index (χ0) is 54.7. The minimum atomic E-state index is -1.91. The highest BCUT2D eigenvalue weighted by molar-refractivity contribution is 7.99. The van der Waals surface area contributed by atoms with Gasteiger partial charge in [-0.25, -0.2) is 19.3 Å². The van der Waals surface area contributed by atoms with Crippen LogP contribution in [-0.2, 0) is 25.7 Å². The number of nitrogens with one attached hydrogen (secondary N) is 3. The molecule has 0 bridgehead atoms. The van der Waals surface area contributed by atoms with Crippen LogP contribution >= 0.6 is 34.7 Å². The molecule has 418 valence electrons. The molecule has 3 aliphatic heterocycles. The third-order valence-corrected chi connectivity index (χ3v) is 18.5. The summed E-state index contributed by atoms with van der Waals surface area (Å²) in [6.07, 6.45) is 15.9. The van der Waals surface area contributed by atoms with Crippen LogP contribution in [0, 0.1) is 23.7 Å². The van der Waals surface area contributed by atoms with Gasteiger partial charge in [0.2, 0.25) is 17.7 Å². The molecule has 2 aromatic heterocycles. The summed E-state index contributed by atoms with van der Waals surface area (Å²) in [5, 5.41) is 10.1. The number of rotatable bonds is 24. The van der Waals surface area contributed by atoms with Crippen molar-refractivity contribution in [1.82, 2.24) is 35.4 Å². The number of carbonyl (C=O) groups is 4. The van der Waals surface area contributed by atoms with E-state index < -0.39 is 29.1 Å². The predicted molar refractivity (Wildman–Crippen MR) is 305 cm³/mol. The summed E-state index contributed by atoms with van der Waals surface area (Å²) < 4.78 is 21.1. The third kappa shape index (κ3) is 15.7. The van der Waals surface area contributed by atoms with Crippen molar-refractivity contribution in [3.63, 3.8) is 0 Å². The van der Waals surface area contributed by atoms with Gasteiger partial charge in [-0.1, -0.05) is 82.1 Å². The highest BCUT2D eigenvalue weighted by atomic mass is 35.5. The number of nitrogens with two attached hydrogens (primary N) is 1. The standard InChI is InChI=1S/C58H80ClFN10O5S2/c1-39-51(76-38-65-39)41-18-19-42(34-64-53(72)44-15-12-27-70(44)54(73)52(56(2,3)4)67-55(74)58(60)22-23-58)45(33-41)75-32-9-7-6-8-26-68-28-20-40(21-29-68)13-10-17-48(71)66-43-14-11-16-46(50(43)59)77-49-36-62-47(35-63-49)69-30-24-57(5,37-61)25-31-69/h11,14,16,18-19,33,35-36,38,40,44,52H,6-10,12-13,15,17,20-32,34,37,61H2,1-5H3,(H,64,72)(H,66,71)(H,67,74)/t44-,52+/m0/s1. The van der Waals surface area contributed by atoms with E-state index in [1.165, 1.54) is 11.8 Å². The Kier molecular flexibility index (Phi) is 20.0. The minimum absolute atomic E-state index is 0.0250. The Bertz CT molecular complexity index is 2650. The molecule has 0 spiro atoms. The summed E-state index contributed by atoms with van der Waals surface area (Å²) >= 11 is 9.83. The first-order valence-corrected chi connectivity index (χ1v) is 30.0. The number of aromatic nitrogens is 3. The molecule has 4 amide bonds. The molecule has 5 N–H and O–H groups in total. The fourth-order valence-electron chi connectivity index (χ4n) is 10.6. The highest BCUT2D eigenvalue weighted by Crippen LogP contribution is 2.41. The largest absolute Gasteiger partial charge is 0.493 e. The molecule has 4 aromatic rings. The van der Waals surface area contributed by atoms with Crippen LogP contribution in [0.15, 0.2) is 64.2 Å². The van der Waals surface area contributed by atoms with E-state index in [0.29, 0.717) is 61.3 Å². The summed E-state index contributed by atoms with van der Waals surface area (Å²) in [4.78, 5) is 75.6. The number of halogens is 2. The normalized spacial score (nSPS) is 18.9. The van der Waals surface area contributed by atoms with Crippen LogP contribution in [0.4, 0.5) is 15.9 Å². The van der Waals surface area contributed by atoms with Gasteiger partial charge in [0.25, 0.3) is 5.91 Å². The number of carbonyl (C=O) groups excluding carboxylic acids is 4. The first kappa shape index (κ1) is 58.3. The van der Waals surface area contributed by atoms with Gasteiger partial charge in [-0.05, 0) is 151 Å². The topological polar surface area (TPSA) is 188 Å². The molecule has 2 aromatic carbocycles. The molecule has 3 saturated heterocycles. The summed E-state index contributed by atoms with van der Waals surface area (Å²) in [6.45, 7) is 16.7. The maximum Gasteiger partial charge on any atom is 0.258 e. The third-order valence-electron chi connectivity index (χ3n) is 16.1. The molecule has 5 heterocycles. The number of piperidine rings is 2. The quantitative estimate of drug-likeness (QED) is 0.0487. The fraction of sp³-hybridized carbons (Fsp3) is 0.603. The highest BCUT2D eigenvalue weighted by Gasteiger charge is 2.53. The van der Waals surface area contributed by atoms with Gasteiger partial charge in [-0.15, -0.1) is 11.3 Å². The molecule has 8 rings (SSSR count).